The highest BCUT2D eigenvalue weighted by molar-refractivity contribution is 5.48. The predicted octanol–water partition coefficient (Wildman–Crippen LogP) is 3.60. The molecule has 0 unspecified atom stereocenters. The average molecular weight is 250 g/mol. The smallest absolute Gasteiger partial charge is 0.00606 e. The largest absolute Gasteiger partial charge is 0.0769 e. The van der Waals surface area contributed by atoms with Crippen LogP contribution < -0.4 is 10.4 Å². The summed E-state index contributed by atoms with van der Waals surface area (Å²) in [6.07, 6.45) is 4.40. The molecule has 0 amide bonds. The van der Waals surface area contributed by atoms with Gasteiger partial charge < -0.3 is 0 Å². The van der Waals surface area contributed by atoms with E-state index in [0.29, 0.717) is 0 Å². The minimum atomic E-state index is 1.02. The van der Waals surface area contributed by atoms with Crippen LogP contribution in [0.15, 0.2) is 48.5 Å². The van der Waals surface area contributed by atoms with Gasteiger partial charge in [-0.1, -0.05) is 72.7 Å². The van der Waals surface area contributed by atoms with E-state index in [1.54, 1.807) is 0 Å². The summed E-state index contributed by atoms with van der Waals surface area (Å²) in [5.74, 6) is 0. The van der Waals surface area contributed by atoms with Gasteiger partial charge in [0, 0.05) is 0 Å². The zero-order valence-electron chi connectivity index (χ0n) is 12.1. The van der Waals surface area contributed by atoms with Crippen LogP contribution in [0.3, 0.4) is 0 Å². The van der Waals surface area contributed by atoms with Crippen LogP contribution in [0.1, 0.15) is 31.4 Å². The van der Waals surface area contributed by atoms with Crippen molar-refractivity contribution in [2.75, 3.05) is 0 Å². The molecule has 0 aliphatic rings. The van der Waals surface area contributed by atoms with Crippen molar-refractivity contribution in [2.24, 2.45) is 0 Å². The molecule has 0 spiro atoms. The van der Waals surface area contributed by atoms with Crippen molar-refractivity contribution in [3.8, 4) is 0 Å². The number of hydrogen-bond donors (Lipinski definition) is 0. The number of rotatable bonds is 3. The van der Waals surface area contributed by atoms with Gasteiger partial charge in [-0.3, -0.25) is 0 Å². The van der Waals surface area contributed by atoms with E-state index in [0.717, 1.165) is 12.8 Å². The number of hydrogen-bond acceptors (Lipinski definition) is 0. The average Bonchev–Trinajstić information content (AvgIpc) is 2.39. The summed E-state index contributed by atoms with van der Waals surface area (Å²) >= 11 is 0. The maximum absolute atomic E-state index is 2.30. The molecule has 0 heterocycles. The van der Waals surface area contributed by atoms with Crippen molar-refractivity contribution in [2.45, 2.75) is 33.6 Å². The molecule has 0 aromatic heterocycles. The Kier molecular flexibility index (Phi) is 4.57. The van der Waals surface area contributed by atoms with Crippen molar-refractivity contribution < 1.29 is 0 Å². The van der Waals surface area contributed by atoms with Gasteiger partial charge in [-0.2, -0.15) is 0 Å². The molecule has 0 saturated carbocycles. The van der Waals surface area contributed by atoms with Crippen LogP contribution in [0.2, 0.25) is 0 Å². The summed E-state index contributed by atoms with van der Waals surface area (Å²) in [5.41, 5.74) is 4.16. The lowest BCUT2D eigenvalue weighted by Crippen LogP contribution is -2.26. The maximum Gasteiger partial charge on any atom is -0.00606 e. The van der Waals surface area contributed by atoms with Crippen LogP contribution in [-0.4, -0.2) is 0 Å². The molecule has 0 nitrogen and oxygen atoms in total. The van der Waals surface area contributed by atoms with E-state index in [4.69, 9.17) is 0 Å². The van der Waals surface area contributed by atoms with Crippen molar-refractivity contribution >= 4 is 11.6 Å². The molecule has 0 heteroatoms. The Bertz CT molecular complexity index is 662. The lowest BCUT2D eigenvalue weighted by atomic mass is 10.0. The summed E-state index contributed by atoms with van der Waals surface area (Å²) in [7, 11) is 0. The van der Waals surface area contributed by atoms with E-state index >= 15 is 0 Å². The molecule has 0 aliphatic carbocycles. The zero-order valence-corrected chi connectivity index (χ0v) is 12.1. The van der Waals surface area contributed by atoms with Crippen LogP contribution in [0.5, 0.6) is 0 Å². The fourth-order valence-corrected chi connectivity index (χ4v) is 2.51. The topological polar surface area (TPSA) is 0 Å². The second-order valence-electron chi connectivity index (χ2n) is 5.15. The monoisotopic (exact) mass is 250 g/mol. The first kappa shape index (κ1) is 13.6. The fraction of sp³-hybridized carbons (Fsp3) is 0.263. The van der Waals surface area contributed by atoms with Gasteiger partial charge in [0.05, 0.1) is 0 Å². The van der Waals surface area contributed by atoms with Gasteiger partial charge in [0.15, 0.2) is 0 Å². The van der Waals surface area contributed by atoms with E-state index in [1.807, 2.05) is 0 Å². The van der Waals surface area contributed by atoms with Crippen molar-refractivity contribution in [1.29, 1.82) is 0 Å². The number of benzene rings is 2. The Balaban J connectivity index is 2.45. The molecule has 0 radical (unpaired) electrons. The van der Waals surface area contributed by atoms with Crippen LogP contribution >= 0.6 is 0 Å². The normalized spacial score (nSPS) is 13.5. The molecule has 0 bridgehead atoms. The van der Waals surface area contributed by atoms with Crippen LogP contribution in [0, 0.1) is 6.92 Å². The minimum absolute atomic E-state index is 1.02. The molecule has 19 heavy (non-hydrogen) atoms. The third kappa shape index (κ3) is 3.57. The second-order valence-corrected chi connectivity index (χ2v) is 5.15. The summed E-state index contributed by atoms with van der Waals surface area (Å²) in [4.78, 5) is 0. The second kappa shape index (κ2) is 6.38. The van der Waals surface area contributed by atoms with Gasteiger partial charge in [0.1, 0.15) is 0 Å². The summed E-state index contributed by atoms with van der Waals surface area (Å²) < 4.78 is 0. The summed E-state index contributed by atoms with van der Waals surface area (Å²) in [6, 6.07) is 17.5. The van der Waals surface area contributed by atoms with Crippen LogP contribution in [0.25, 0.3) is 11.6 Å². The van der Waals surface area contributed by atoms with Gasteiger partial charge in [-0.15, -0.1) is 0 Å². The third-order valence-corrected chi connectivity index (χ3v) is 3.40. The molecule has 0 N–H and O–H groups in total. The molecule has 2 aromatic carbocycles. The fourth-order valence-electron chi connectivity index (χ4n) is 2.51. The zero-order chi connectivity index (χ0) is 13.7. The molecule has 0 saturated heterocycles. The highest BCUT2D eigenvalue weighted by Gasteiger charge is 1.97. The molecule has 0 atom stereocenters. The Morgan fingerprint density at radius 2 is 1.84 bits per heavy atom. The Morgan fingerprint density at radius 3 is 2.58 bits per heavy atom. The Labute approximate surface area is 116 Å². The quantitative estimate of drug-likeness (QED) is 0.781. The van der Waals surface area contributed by atoms with Crippen molar-refractivity contribution in [1.82, 2.24) is 0 Å². The SMILES string of the molecule is CC/C=c1/cccc/c1=C(/C)Cc1cccc(C)c1. The van der Waals surface area contributed by atoms with Gasteiger partial charge in [-0.05, 0) is 42.7 Å². The lowest BCUT2D eigenvalue weighted by molar-refractivity contribution is 1.22. The van der Waals surface area contributed by atoms with Crippen molar-refractivity contribution in [3.63, 3.8) is 0 Å². The van der Waals surface area contributed by atoms with Gasteiger partial charge in [0.2, 0.25) is 0 Å². The van der Waals surface area contributed by atoms with Crippen LogP contribution in [-0.2, 0) is 6.42 Å². The predicted molar refractivity (Wildman–Crippen MR) is 84.4 cm³/mol. The van der Waals surface area contributed by atoms with E-state index in [2.05, 4.69) is 75.4 Å². The Hall–Kier alpha value is -1.82. The van der Waals surface area contributed by atoms with Crippen LogP contribution in [0.4, 0.5) is 0 Å². The van der Waals surface area contributed by atoms with Crippen molar-refractivity contribution in [3.05, 3.63) is 70.1 Å². The summed E-state index contributed by atoms with van der Waals surface area (Å²) in [6.45, 7) is 6.58. The molecule has 0 fully saturated rings. The molecule has 2 rings (SSSR count). The molecule has 0 aliphatic heterocycles. The lowest BCUT2D eigenvalue weighted by Gasteiger charge is -2.04. The highest BCUT2D eigenvalue weighted by atomic mass is 14.0. The minimum Gasteiger partial charge on any atom is -0.0769 e. The standard InChI is InChI=1S/C19H22/c1-4-8-18-11-5-6-12-19(18)16(3)14-17-10-7-9-15(2)13-17/h5-13H,4,14H2,1-3H3/b18-8-,19-16+. The number of aryl methyl sites for hydroxylation is 1. The van der Waals surface area contributed by atoms with E-state index in [9.17, 15) is 0 Å². The van der Waals surface area contributed by atoms with E-state index in [1.165, 1.54) is 27.1 Å². The molecule has 2 aromatic rings. The molecular weight excluding hydrogens is 228 g/mol. The maximum atomic E-state index is 2.30. The first-order valence-corrected chi connectivity index (χ1v) is 7.01. The van der Waals surface area contributed by atoms with Gasteiger partial charge in [0.25, 0.3) is 0 Å². The molecular formula is C19H22. The molecule has 98 valence electrons. The highest BCUT2D eigenvalue weighted by Crippen LogP contribution is 2.09. The Morgan fingerprint density at radius 1 is 1.05 bits per heavy atom. The van der Waals surface area contributed by atoms with Gasteiger partial charge >= 0.3 is 0 Å². The first-order chi connectivity index (χ1) is 9.20. The third-order valence-electron chi connectivity index (χ3n) is 3.40. The summed E-state index contributed by atoms with van der Waals surface area (Å²) in [5, 5.41) is 2.74. The van der Waals surface area contributed by atoms with E-state index in [-0.39, 0.29) is 0 Å². The van der Waals surface area contributed by atoms with Gasteiger partial charge in [-0.25, -0.2) is 0 Å². The first-order valence-electron chi connectivity index (χ1n) is 7.01. The van der Waals surface area contributed by atoms with E-state index < -0.39 is 0 Å².